The van der Waals surface area contributed by atoms with E-state index in [0.29, 0.717) is 12.3 Å². The van der Waals surface area contributed by atoms with Gasteiger partial charge in [-0.3, -0.25) is 14.4 Å². The summed E-state index contributed by atoms with van der Waals surface area (Å²) in [5.74, 6) is 0.901. The van der Waals surface area contributed by atoms with Gasteiger partial charge in [0, 0.05) is 44.8 Å². The quantitative estimate of drug-likeness (QED) is 0.836. The van der Waals surface area contributed by atoms with Crippen LogP contribution in [-0.4, -0.2) is 57.7 Å². The Labute approximate surface area is 162 Å². The van der Waals surface area contributed by atoms with Crippen molar-refractivity contribution in [2.75, 3.05) is 26.7 Å². The molecule has 2 aliphatic rings. The van der Waals surface area contributed by atoms with E-state index in [2.05, 4.69) is 52.3 Å². The van der Waals surface area contributed by atoms with Crippen LogP contribution in [0.15, 0.2) is 42.7 Å². The highest BCUT2D eigenvalue weighted by atomic mass is 16.2. The van der Waals surface area contributed by atoms with Crippen LogP contribution in [-0.2, 0) is 18.3 Å². The molecule has 0 bridgehead atoms. The molecule has 0 unspecified atom stereocenters. The van der Waals surface area contributed by atoms with E-state index in [0.717, 1.165) is 44.5 Å². The molecule has 0 saturated carbocycles. The number of piperidine rings is 1. The van der Waals surface area contributed by atoms with Crippen molar-refractivity contribution < 1.29 is 4.79 Å². The minimum absolute atomic E-state index is 0.265. The third kappa shape index (κ3) is 3.79. The number of aromatic nitrogens is 2. The third-order valence-corrected chi connectivity index (χ3v) is 6.63. The van der Waals surface area contributed by atoms with Gasteiger partial charge >= 0.3 is 0 Å². The van der Waals surface area contributed by atoms with Gasteiger partial charge < -0.3 is 4.90 Å². The number of likely N-dealkylation sites (N-methyl/N-ethyl adjacent to an activating group) is 1. The second-order valence-corrected chi connectivity index (χ2v) is 8.32. The molecule has 2 fully saturated rings. The second-order valence-electron chi connectivity index (χ2n) is 8.32. The SMILES string of the molecule is CN1C[C@@H](c2ccccc2)CC12CCN(C(=O)CCc1cnn(C)c1)CC2. The lowest BCUT2D eigenvalue weighted by molar-refractivity contribution is -0.133. The van der Waals surface area contributed by atoms with Crippen LogP contribution in [0.25, 0.3) is 0 Å². The summed E-state index contributed by atoms with van der Waals surface area (Å²) >= 11 is 0. The fraction of sp³-hybridized carbons (Fsp3) is 0.545. The van der Waals surface area contributed by atoms with E-state index in [1.165, 1.54) is 12.0 Å². The van der Waals surface area contributed by atoms with Crippen LogP contribution < -0.4 is 0 Å². The van der Waals surface area contributed by atoms with Gasteiger partial charge in [0.2, 0.25) is 5.91 Å². The van der Waals surface area contributed by atoms with Gasteiger partial charge in [0.05, 0.1) is 6.20 Å². The minimum Gasteiger partial charge on any atom is -0.343 e. The Morgan fingerprint density at radius 2 is 1.93 bits per heavy atom. The van der Waals surface area contributed by atoms with Crippen LogP contribution in [0.3, 0.4) is 0 Å². The number of rotatable bonds is 4. The lowest BCUT2D eigenvalue weighted by Gasteiger charge is -2.43. The van der Waals surface area contributed by atoms with Crippen molar-refractivity contribution in [3.63, 3.8) is 0 Å². The molecule has 0 N–H and O–H groups in total. The standard InChI is InChI=1S/C22H30N4O/c1-24-17-20(19-6-4-3-5-7-19)14-22(24)10-12-26(13-11-22)21(27)9-8-18-15-23-25(2)16-18/h3-7,15-16,20H,8-14,17H2,1-2H3/t20-/m0/s1. The summed E-state index contributed by atoms with van der Waals surface area (Å²) in [6, 6.07) is 10.9. The summed E-state index contributed by atoms with van der Waals surface area (Å²) in [7, 11) is 4.18. The first-order chi connectivity index (χ1) is 13.1. The highest BCUT2D eigenvalue weighted by Crippen LogP contribution is 2.43. The van der Waals surface area contributed by atoms with Crippen molar-refractivity contribution in [2.24, 2.45) is 7.05 Å². The van der Waals surface area contributed by atoms with Gasteiger partial charge in [-0.15, -0.1) is 0 Å². The minimum atomic E-state index is 0.265. The molecule has 1 amide bonds. The summed E-state index contributed by atoms with van der Waals surface area (Å²) in [5, 5.41) is 4.18. The summed E-state index contributed by atoms with van der Waals surface area (Å²) in [5.41, 5.74) is 2.86. The van der Waals surface area contributed by atoms with Crippen LogP contribution in [0.2, 0.25) is 0 Å². The molecule has 1 spiro atoms. The maximum absolute atomic E-state index is 12.6. The average molecular weight is 367 g/mol. The maximum atomic E-state index is 12.6. The molecule has 2 aliphatic heterocycles. The van der Waals surface area contributed by atoms with Crippen LogP contribution in [0.5, 0.6) is 0 Å². The van der Waals surface area contributed by atoms with Crippen molar-refractivity contribution in [3.05, 3.63) is 53.9 Å². The number of amides is 1. The zero-order chi connectivity index (χ0) is 18.9. The Kier molecular flexibility index (Phi) is 5.04. The topological polar surface area (TPSA) is 41.4 Å². The normalized spacial score (nSPS) is 22.4. The molecule has 4 rings (SSSR count). The smallest absolute Gasteiger partial charge is 0.222 e. The molecule has 2 saturated heterocycles. The summed E-state index contributed by atoms with van der Waals surface area (Å²) in [6.45, 7) is 2.90. The summed E-state index contributed by atoms with van der Waals surface area (Å²) in [4.78, 5) is 17.3. The van der Waals surface area contributed by atoms with Crippen molar-refractivity contribution in [3.8, 4) is 0 Å². The fourth-order valence-corrected chi connectivity index (χ4v) is 4.92. The van der Waals surface area contributed by atoms with E-state index in [9.17, 15) is 4.79 Å². The van der Waals surface area contributed by atoms with Crippen LogP contribution in [0.4, 0.5) is 0 Å². The molecule has 0 radical (unpaired) electrons. The molecule has 1 aromatic carbocycles. The molecular formula is C22H30N4O. The Hall–Kier alpha value is -2.14. The van der Waals surface area contributed by atoms with E-state index in [-0.39, 0.29) is 11.4 Å². The zero-order valence-electron chi connectivity index (χ0n) is 16.5. The van der Waals surface area contributed by atoms with Crippen molar-refractivity contribution in [1.29, 1.82) is 0 Å². The number of likely N-dealkylation sites (tertiary alicyclic amines) is 2. The Morgan fingerprint density at radius 1 is 1.19 bits per heavy atom. The predicted octanol–water partition coefficient (Wildman–Crippen LogP) is 2.83. The fourth-order valence-electron chi connectivity index (χ4n) is 4.92. The molecule has 144 valence electrons. The van der Waals surface area contributed by atoms with Crippen molar-refractivity contribution in [1.82, 2.24) is 19.6 Å². The van der Waals surface area contributed by atoms with E-state index in [1.54, 1.807) is 4.68 Å². The number of benzene rings is 1. The Balaban J connectivity index is 1.32. The van der Waals surface area contributed by atoms with E-state index in [4.69, 9.17) is 0 Å². The lowest BCUT2D eigenvalue weighted by atomic mass is 9.81. The largest absolute Gasteiger partial charge is 0.343 e. The molecule has 5 nitrogen and oxygen atoms in total. The van der Waals surface area contributed by atoms with Gasteiger partial charge in [-0.25, -0.2) is 0 Å². The van der Waals surface area contributed by atoms with E-state index < -0.39 is 0 Å². The number of hydrogen-bond acceptors (Lipinski definition) is 3. The average Bonchev–Trinajstić information content (AvgIpc) is 3.25. The number of aryl methyl sites for hydroxylation is 2. The zero-order valence-corrected chi connectivity index (χ0v) is 16.5. The highest BCUT2D eigenvalue weighted by molar-refractivity contribution is 5.76. The summed E-state index contributed by atoms with van der Waals surface area (Å²) < 4.78 is 1.80. The molecule has 27 heavy (non-hydrogen) atoms. The van der Waals surface area contributed by atoms with E-state index in [1.807, 2.05) is 19.4 Å². The first-order valence-electron chi connectivity index (χ1n) is 10.1. The molecule has 5 heteroatoms. The van der Waals surface area contributed by atoms with Gasteiger partial charge in [-0.05, 0) is 49.8 Å². The molecule has 1 aromatic heterocycles. The van der Waals surface area contributed by atoms with Crippen molar-refractivity contribution in [2.45, 2.75) is 43.6 Å². The predicted molar refractivity (Wildman–Crippen MR) is 107 cm³/mol. The summed E-state index contributed by atoms with van der Waals surface area (Å²) in [6.07, 6.45) is 8.61. The highest BCUT2D eigenvalue weighted by Gasteiger charge is 2.46. The third-order valence-electron chi connectivity index (χ3n) is 6.63. The number of carbonyl (C=O) groups excluding carboxylic acids is 1. The van der Waals surface area contributed by atoms with E-state index >= 15 is 0 Å². The molecule has 3 heterocycles. The monoisotopic (exact) mass is 366 g/mol. The number of nitrogens with zero attached hydrogens (tertiary/aromatic N) is 4. The van der Waals surface area contributed by atoms with Gasteiger partial charge in [0.1, 0.15) is 0 Å². The molecular weight excluding hydrogens is 336 g/mol. The number of carbonyl (C=O) groups is 1. The van der Waals surface area contributed by atoms with Gasteiger partial charge in [0.25, 0.3) is 0 Å². The van der Waals surface area contributed by atoms with Crippen LogP contribution in [0.1, 0.15) is 42.7 Å². The Morgan fingerprint density at radius 3 is 2.59 bits per heavy atom. The van der Waals surface area contributed by atoms with Crippen LogP contribution >= 0.6 is 0 Å². The maximum Gasteiger partial charge on any atom is 0.222 e. The first-order valence-corrected chi connectivity index (χ1v) is 10.1. The van der Waals surface area contributed by atoms with Crippen LogP contribution in [0, 0.1) is 0 Å². The lowest BCUT2D eigenvalue weighted by Crippen LogP contribution is -2.52. The molecule has 1 atom stereocenters. The van der Waals surface area contributed by atoms with Gasteiger partial charge in [-0.2, -0.15) is 5.10 Å². The van der Waals surface area contributed by atoms with Gasteiger partial charge in [0.15, 0.2) is 0 Å². The second kappa shape index (κ2) is 7.47. The number of hydrogen-bond donors (Lipinski definition) is 0. The van der Waals surface area contributed by atoms with Gasteiger partial charge in [-0.1, -0.05) is 30.3 Å². The first kappa shape index (κ1) is 18.2. The van der Waals surface area contributed by atoms with Crippen molar-refractivity contribution >= 4 is 5.91 Å². The molecule has 2 aromatic rings. The Bertz CT molecular complexity index is 777. The molecule has 0 aliphatic carbocycles.